The summed E-state index contributed by atoms with van der Waals surface area (Å²) in [5.41, 5.74) is 11.2. The number of thiophene rings is 1. The summed E-state index contributed by atoms with van der Waals surface area (Å²) in [5.74, 6) is 0. The molecule has 0 saturated carbocycles. The third kappa shape index (κ3) is 4.31. The lowest BCUT2D eigenvalue weighted by Gasteiger charge is -2.29. The van der Waals surface area contributed by atoms with Gasteiger partial charge in [-0.05, 0) is 92.0 Å². The molecule has 1 aliphatic rings. The molecule has 0 radical (unpaired) electrons. The standard InChI is InChI=1S/C47H33NS/c1-47(2)42-17-8-6-15-37(42)38-26-24-36(29-43(38)47)48(34-14-10-13-33(27-34)30-11-4-3-5-12-30)35-23-21-31-19-20-32-22-25-40-39-16-7-9-18-44(39)49-46(40)45(32)41(31)28-35/h3-29H,1-2H3. The quantitative estimate of drug-likeness (QED) is 0.173. The number of benzene rings is 8. The highest BCUT2D eigenvalue weighted by Gasteiger charge is 2.35. The van der Waals surface area contributed by atoms with Crippen LogP contribution in [-0.4, -0.2) is 0 Å². The van der Waals surface area contributed by atoms with E-state index in [-0.39, 0.29) is 5.41 Å². The van der Waals surface area contributed by atoms with Gasteiger partial charge in [0.25, 0.3) is 0 Å². The molecule has 49 heavy (non-hydrogen) atoms. The third-order valence-corrected chi connectivity index (χ3v) is 11.8. The zero-order chi connectivity index (χ0) is 32.7. The van der Waals surface area contributed by atoms with Crippen molar-refractivity contribution in [2.45, 2.75) is 19.3 Å². The molecule has 0 N–H and O–H groups in total. The van der Waals surface area contributed by atoms with Gasteiger partial charge in [-0.2, -0.15) is 0 Å². The molecule has 1 aromatic heterocycles. The van der Waals surface area contributed by atoms with Gasteiger partial charge in [-0.1, -0.05) is 135 Å². The molecule has 232 valence electrons. The molecule has 1 aliphatic carbocycles. The molecular weight excluding hydrogens is 611 g/mol. The first-order chi connectivity index (χ1) is 24.0. The van der Waals surface area contributed by atoms with Crippen LogP contribution in [0, 0.1) is 0 Å². The van der Waals surface area contributed by atoms with Crippen molar-refractivity contribution in [1.29, 1.82) is 0 Å². The Kier molecular flexibility index (Phi) is 6.16. The van der Waals surface area contributed by atoms with Crippen molar-refractivity contribution in [3.05, 3.63) is 175 Å². The van der Waals surface area contributed by atoms with Crippen LogP contribution in [0.4, 0.5) is 17.1 Å². The molecule has 8 aromatic carbocycles. The number of hydrogen-bond donors (Lipinski definition) is 0. The average molecular weight is 644 g/mol. The fraction of sp³-hybridized carbons (Fsp3) is 0.0638. The molecule has 1 heterocycles. The zero-order valence-corrected chi connectivity index (χ0v) is 28.3. The van der Waals surface area contributed by atoms with Crippen LogP contribution in [0.3, 0.4) is 0 Å². The van der Waals surface area contributed by atoms with Crippen LogP contribution in [0.1, 0.15) is 25.0 Å². The lowest BCUT2D eigenvalue weighted by molar-refractivity contribution is 0.660. The minimum Gasteiger partial charge on any atom is -0.310 e. The fourth-order valence-electron chi connectivity index (χ4n) is 8.18. The van der Waals surface area contributed by atoms with E-state index in [2.05, 4.69) is 183 Å². The molecule has 10 rings (SSSR count). The Bertz CT molecular complexity index is 2750. The van der Waals surface area contributed by atoms with Crippen molar-refractivity contribution in [2.75, 3.05) is 4.90 Å². The summed E-state index contributed by atoms with van der Waals surface area (Å²) in [6, 6.07) is 60.6. The summed E-state index contributed by atoms with van der Waals surface area (Å²) in [5, 5.41) is 7.81. The van der Waals surface area contributed by atoms with Gasteiger partial charge < -0.3 is 4.90 Å². The van der Waals surface area contributed by atoms with Gasteiger partial charge in [0, 0.05) is 48.0 Å². The predicted molar refractivity (Wildman–Crippen MR) is 212 cm³/mol. The van der Waals surface area contributed by atoms with E-state index < -0.39 is 0 Å². The summed E-state index contributed by atoms with van der Waals surface area (Å²) in [6.45, 7) is 4.72. The van der Waals surface area contributed by atoms with E-state index in [1.807, 2.05) is 11.3 Å². The van der Waals surface area contributed by atoms with Crippen LogP contribution in [0.2, 0.25) is 0 Å². The van der Waals surface area contributed by atoms with E-state index in [1.54, 1.807) is 0 Å². The topological polar surface area (TPSA) is 3.24 Å². The fourth-order valence-corrected chi connectivity index (χ4v) is 9.45. The second-order valence-corrected chi connectivity index (χ2v) is 14.8. The third-order valence-electron chi connectivity index (χ3n) is 10.6. The highest BCUT2D eigenvalue weighted by molar-refractivity contribution is 7.26. The summed E-state index contributed by atoms with van der Waals surface area (Å²) >= 11 is 1.91. The van der Waals surface area contributed by atoms with Gasteiger partial charge >= 0.3 is 0 Å². The van der Waals surface area contributed by atoms with Crippen LogP contribution < -0.4 is 4.90 Å². The van der Waals surface area contributed by atoms with E-state index in [9.17, 15) is 0 Å². The van der Waals surface area contributed by atoms with Gasteiger partial charge in [0.05, 0.1) is 0 Å². The molecule has 2 heteroatoms. The largest absolute Gasteiger partial charge is 0.310 e. The van der Waals surface area contributed by atoms with Gasteiger partial charge in [-0.3, -0.25) is 0 Å². The Hall–Kier alpha value is -5.70. The predicted octanol–water partition coefficient (Wildman–Crippen LogP) is 13.8. The first-order valence-corrected chi connectivity index (χ1v) is 17.8. The number of rotatable bonds is 4. The van der Waals surface area contributed by atoms with Crippen LogP contribution in [0.5, 0.6) is 0 Å². The van der Waals surface area contributed by atoms with Crippen molar-refractivity contribution in [3.63, 3.8) is 0 Å². The van der Waals surface area contributed by atoms with E-state index in [0.29, 0.717) is 0 Å². The highest BCUT2D eigenvalue weighted by Crippen LogP contribution is 2.51. The maximum atomic E-state index is 2.45. The Morgan fingerprint density at radius 3 is 2.04 bits per heavy atom. The maximum absolute atomic E-state index is 2.45. The zero-order valence-electron chi connectivity index (χ0n) is 27.4. The molecule has 0 unspecified atom stereocenters. The van der Waals surface area contributed by atoms with Crippen LogP contribution in [-0.2, 0) is 5.41 Å². The Balaban J connectivity index is 1.23. The second-order valence-electron chi connectivity index (χ2n) is 13.8. The number of fused-ring (bicyclic) bond motifs is 10. The smallest absolute Gasteiger partial charge is 0.0468 e. The highest BCUT2D eigenvalue weighted by atomic mass is 32.1. The summed E-state index contributed by atoms with van der Waals surface area (Å²) < 4.78 is 2.69. The molecule has 0 aliphatic heterocycles. The van der Waals surface area contributed by atoms with Crippen molar-refractivity contribution < 1.29 is 0 Å². The van der Waals surface area contributed by atoms with Gasteiger partial charge in [-0.15, -0.1) is 11.3 Å². The van der Waals surface area contributed by atoms with Crippen molar-refractivity contribution >= 4 is 70.1 Å². The molecule has 0 amide bonds. The average Bonchev–Trinajstić information content (AvgIpc) is 3.64. The molecule has 0 bridgehead atoms. The van der Waals surface area contributed by atoms with Crippen LogP contribution in [0.25, 0.3) is 64.0 Å². The Morgan fingerprint density at radius 2 is 1.12 bits per heavy atom. The lowest BCUT2D eigenvalue weighted by Crippen LogP contribution is -2.16. The molecule has 0 fully saturated rings. The van der Waals surface area contributed by atoms with Gasteiger partial charge in [-0.25, -0.2) is 0 Å². The monoisotopic (exact) mass is 643 g/mol. The lowest BCUT2D eigenvalue weighted by atomic mass is 9.82. The molecule has 0 atom stereocenters. The minimum absolute atomic E-state index is 0.0914. The SMILES string of the molecule is CC1(C)c2ccccc2-c2ccc(N(c3cccc(-c4ccccc4)c3)c3ccc4ccc5ccc6c7ccccc7sc6c5c4c3)cc21. The van der Waals surface area contributed by atoms with Gasteiger partial charge in [0.15, 0.2) is 0 Å². The first-order valence-electron chi connectivity index (χ1n) is 17.0. The number of hydrogen-bond acceptors (Lipinski definition) is 2. The van der Waals surface area contributed by atoms with Crippen molar-refractivity contribution in [1.82, 2.24) is 0 Å². The molecule has 0 saturated heterocycles. The second kappa shape index (κ2) is 10.7. The Labute approximate surface area is 290 Å². The first kappa shape index (κ1) is 28.3. The van der Waals surface area contributed by atoms with Crippen LogP contribution in [0.15, 0.2) is 164 Å². The van der Waals surface area contributed by atoms with Gasteiger partial charge in [0.2, 0.25) is 0 Å². The molecule has 1 nitrogen and oxygen atoms in total. The van der Waals surface area contributed by atoms with E-state index >= 15 is 0 Å². The van der Waals surface area contributed by atoms with Crippen molar-refractivity contribution in [2.24, 2.45) is 0 Å². The Morgan fingerprint density at radius 1 is 0.449 bits per heavy atom. The molecule has 0 spiro atoms. The summed E-state index contributed by atoms with van der Waals surface area (Å²) in [7, 11) is 0. The maximum Gasteiger partial charge on any atom is 0.0468 e. The normalized spacial score (nSPS) is 13.3. The molecular formula is C47H33NS. The number of nitrogens with zero attached hydrogens (tertiary/aromatic N) is 1. The van der Waals surface area contributed by atoms with E-state index in [4.69, 9.17) is 0 Å². The summed E-state index contributed by atoms with van der Waals surface area (Å²) in [6.07, 6.45) is 0. The molecule has 9 aromatic rings. The number of anilines is 3. The van der Waals surface area contributed by atoms with E-state index in [1.165, 1.54) is 75.1 Å². The van der Waals surface area contributed by atoms with E-state index in [0.717, 1.165) is 17.1 Å². The van der Waals surface area contributed by atoms with Gasteiger partial charge in [0.1, 0.15) is 0 Å². The van der Waals surface area contributed by atoms with Crippen molar-refractivity contribution in [3.8, 4) is 22.3 Å². The minimum atomic E-state index is -0.0914. The summed E-state index contributed by atoms with van der Waals surface area (Å²) in [4.78, 5) is 2.45. The van der Waals surface area contributed by atoms with Crippen LogP contribution >= 0.6 is 11.3 Å².